The summed E-state index contributed by atoms with van der Waals surface area (Å²) in [4.78, 5) is 14.1. The zero-order valence-corrected chi connectivity index (χ0v) is 4.79. The first-order chi connectivity index (χ1) is 4.34. The van der Waals surface area contributed by atoms with Crippen LogP contribution in [0.2, 0.25) is 0 Å². The van der Waals surface area contributed by atoms with Gasteiger partial charge in [-0.3, -0.25) is 4.79 Å². The Morgan fingerprint density at radius 3 is 3.11 bits per heavy atom. The van der Waals surface area contributed by atoms with Crippen molar-refractivity contribution in [2.45, 2.75) is 0 Å². The highest BCUT2D eigenvalue weighted by molar-refractivity contribution is 5.89. The fourth-order valence-corrected chi connectivity index (χ4v) is 0.382. The Kier molecular flexibility index (Phi) is 1.44. The van der Waals surface area contributed by atoms with Crippen molar-refractivity contribution >= 4 is 5.91 Å². The van der Waals surface area contributed by atoms with Crippen LogP contribution in [-0.2, 0) is 0 Å². The van der Waals surface area contributed by atoms with E-state index < -0.39 is 0 Å². The standard InChI is InChI=1S/C4H5N3O2/c1-5-4(8)3-6-2-9-7-3/h2H,1H3,(H,5,8). The maximum Gasteiger partial charge on any atom is 0.292 e. The average Bonchev–Trinajstić information content (AvgIpc) is 2.37. The Morgan fingerprint density at radius 2 is 2.67 bits per heavy atom. The van der Waals surface area contributed by atoms with Gasteiger partial charge in [-0.25, -0.2) is 0 Å². The lowest BCUT2D eigenvalue weighted by Gasteiger charge is -1.86. The van der Waals surface area contributed by atoms with Crippen LogP contribution in [0.3, 0.4) is 0 Å². The molecule has 1 rings (SSSR count). The first kappa shape index (κ1) is 5.74. The third kappa shape index (κ3) is 1.04. The average molecular weight is 127 g/mol. The molecular weight excluding hydrogens is 122 g/mol. The van der Waals surface area contributed by atoms with E-state index in [-0.39, 0.29) is 11.7 Å². The summed E-state index contributed by atoms with van der Waals surface area (Å²) in [5.74, 6) is -0.291. The summed E-state index contributed by atoms with van der Waals surface area (Å²) in [6, 6.07) is 0. The maximum absolute atomic E-state index is 10.6. The molecule has 0 saturated carbocycles. The Labute approximate surface area is 51.1 Å². The van der Waals surface area contributed by atoms with Crippen LogP contribution in [0.4, 0.5) is 0 Å². The number of carbonyl (C=O) groups is 1. The van der Waals surface area contributed by atoms with Crippen LogP contribution in [0, 0.1) is 0 Å². The van der Waals surface area contributed by atoms with Gasteiger partial charge in [0, 0.05) is 7.05 Å². The highest BCUT2D eigenvalue weighted by Gasteiger charge is 2.05. The van der Waals surface area contributed by atoms with E-state index in [4.69, 9.17) is 0 Å². The molecular formula is C4H5N3O2. The molecule has 0 aliphatic rings. The van der Waals surface area contributed by atoms with E-state index in [2.05, 4.69) is 20.0 Å². The van der Waals surface area contributed by atoms with Gasteiger partial charge < -0.3 is 9.84 Å². The lowest BCUT2D eigenvalue weighted by atomic mass is 10.6. The van der Waals surface area contributed by atoms with Gasteiger partial charge >= 0.3 is 0 Å². The predicted octanol–water partition coefficient (Wildman–Crippen LogP) is -0.571. The maximum atomic E-state index is 10.6. The van der Waals surface area contributed by atoms with Crippen molar-refractivity contribution < 1.29 is 9.32 Å². The quantitative estimate of drug-likeness (QED) is 0.548. The summed E-state index contributed by atoms with van der Waals surface area (Å²) >= 11 is 0. The van der Waals surface area contributed by atoms with Crippen molar-refractivity contribution in [3.05, 3.63) is 12.2 Å². The Bertz CT molecular complexity index is 194. The van der Waals surface area contributed by atoms with E-state index in [1.807, 2.05) is 0 Å². The van der Waals surface area contributed by atoms with Gasteiger partial charge in [0.15, 0.2) is 0 Å². The second-order valence-electron chi connectivity index (χ2n) is 1.33. The SMILES string of the molecule is CNC(=O)c1ncon1. The van der Waals surface area contributed by atoms with Gasteiger partial charge in [-0.1, -0.05) is 5.16 Å². The second kappa shape index (κ2) is 2.25. The van der Waals surface area contributed by atoms with Gasteiger partial charge in [-0.05, 0) is 0 Å². The number of amides is 1. The lowest BCUT2D eigenvalue weighted by Crippen LogP contribution is -2.18. The second-order valence-corrected chi connectivity index (χ2v) is 1.33. The van der Waals surface area contributed by atoms with Crippen molar-refractivity contribution in [2.75, 3.05) is 7.05 Å². The molecule has 0 spiro atoms. The molecule has 1 aromatic rings. The van der Waals surface area contributed by atoms with E-state index in [0.29, 0.717) is 0 Å². The predicted molar refractivity (Wildman–Crippen MR) is 27.7 cm³/mol. The summed E-state index contributed by atoms with van der Waals surface area (Å²) in [7, 11) is 1.50. The third-order valence-corrected chi connectivity index (χ3v) is 0.791. The van der Waals surface area contributed by atoms with Crippen LogP contribution in [0.25, 0.3) is 0 Å². The van der Waals surface area contributed by atoms with E-state index in [9.17, 15) is 4.79 Å². The van der Waals surface area contributed by atoms with E-state index in [0.717, 1.165) is 6.39 Å². The number of hydrogen-bond donors (Lipinski definition) is 1. The van der Waals surface area contributed by atoms with Gasteiger partial charge in [-0.2, -0.15) is 4.98 Å². The molecule has 0 aliphatic carbocycles. The van der Waals surface area contributed by atoms with Crippen molar-refractivity contribution in [2.24, 2.45) is 0 Å². The first-order valence-electron chi connectivity index (χ1n) is 2.33. The molecule has 0 unspecified atom stereocenters. The largest absolute Gasteiger partial charge is 0.352 e. The fraction of sp³-hybridized carbons (Fsp3) is 0.250. The minimum absolute atomic E-state index is 0.0532. The Hall–Kier alpha value is -1.39. The van der Waals surface area contributed by atoms with Crippen LogP contribution in [-0.4, -0.2) is 23.1 Å². The minimum atomic E-state index is -0.344. The number of rotatable bonds is 1. The van der Waals surface area contributed by atoms with Gasteiger partial charge in [-0.15, -0.1) is 0 Å². The molecule has 0 aromatic carbocycles. The van der Waals surface area contributed by atoms with Crippen molar-refractivity contribution in [1.29, 1.82) is 0 Å². The molecule has 1 amide bonds. The minimum Gasteiger partial charge on any atom is -0.352 e. The first-order valence-corrected chi connectivity index (χ1v) is 2.33. The van der Waals surface area contributed by atoms with E-state index in [1.165, 1.54) is 7.05 Å². The Balaban J connectivity index is 2.77. The van der Waals surface area contributed by atoms with Crippen LogP contribution < -0.4 is 5.32 Å². The van der Waals surface area contributed by atoms with Crippen molar-refractivity contribution in [1.82, 2.24) is 15.5 Å². The normalized spacial score (nSPS) is 9.00. The summed E-state index contributed by atoms with van der Waals surface area (Å²) in [6.45, 7) is 0. The number of nitrogens with one attached hydrogen (secondary N) is 1. The summed E-state index contributed by atoms with van der Waals surface area (Å²) in [5.41, 5.74) is 0. The highest BCUT2D eigenvalue weighted by Crippen LogP contribution is 1.84. The summed E-state index contributed by atoms with van der Waals surface area (Å²) in [6.07, 6.45) is 1.10. The topological polar surface area (TPSA) is 68.0 Å². The molecule has 0 saturated heterocycles. The number of carbonyl (C=O) groups excluding carboxylic acids is 1. The molecule has 9 heavy (non-hydrogen) atoms. The third-order valence-electron chi connectivity index (χ3n) is 0.791. The smallest absolute Gasteiger partial charge is 0.292 e. The van der Waals surface area contributed by atoms with E-state index in [1.54, 1.807) is 0 Å². The zero-order valence-electron chi connectivity index (χ0n) is 4.79. The summed E-state index contributed by atoms with van der Waals surface area (Å²) in [5, 5.41) is 5.63. The van der Waals surface area contributed by atoms with Gasteiger partial charge in [0.05, 0.1) is 0 Å². The molecule has 1 heterocycles. The van der Waals surface area contributed by atoms with Crippen LogP contribution in [0.15, 0.2) is 10.9 Å². The number of hydrogen-bond acceptors (Lipinski definition) is 4. The molecule has 0 atom stereocenters. The molecule has 1 aromatic heterocycles. The highest BCUT2D eigenvalue weighted by atomic mass is 16.5. The molecule has 0 aliphatic heterocycles. The van der Waals surface area contributed by atoms with Gasteiger partial charge in [0.25, 0.3) is 11.7 Å². The van der Waals surface area contributed by atoms with Gasteiger partial charge in [0.2, 0.25) is 6.39 Å². The molecule has 1 N–H and O–H groups in total. The lowest BCUT2D eigenvalue weighted by molar-refractivity contribution is 0.0950. The van der Waals surface area contributed by atoms with Gasteiger partial charge in [0.1, 0.15) is 0 Å². The monoisotopic (exact) mass is 127 g/mol. The molecule has 0 radical (unpaired) electrons. The van der Waals surface area contributed by atoms with Crippen molar-refractivity contribution in [3.63, 3.8) is 0 Å². The van der Waals surface area contributed by atoms with Crippen LogP contribution in [0.5, 0.6) is 0 Å². The zero-order chi connectivity index (χ0) is 6.69. The number of aromatic nitrogens is 2. The Morgan fingerprint density at radius 1 is 1.89 bits per heavy atom. The molecule has 5 heteroatoms. The molecule has 5 nitrogen and oxygen atoms in total. The van der Waals surface area contributed by atoms with E-state index >= 15 is 0 Å². The van der Waals surface area contributed by atoms with Crippen molar-refractivity contribution in [3.8, 4) is 0 Å². The fourth-order valence-electron chi connectivity index (χ4n) is 0.382. The molecule has 48 valence electrons. The number of nitrogens with zero attached hydrogens (tertiary/aromatic N) is 2. The van der Waals surface area contributed by atoms with Crippen LogP contribution in [0.1, 0.15) is 10.6 Å². The summed E-state index contributed by atoms with van der Waals surface area (Å²) < 4.78 is 4.32. The van der Waals surface area contributed by atoms with Crippen LogP contribution >= 0.6 is 0 Å². The molecule has 0 fully saturated rings. The molecule has 0 bridgehead atoms.